The summed E-state index contributed by atoms with van der Waals surface area (Å²) < 4.78 is 0. The first-order valence-electron chi connectivity index (χ1n) is 6.66. The fourth-order valence-electron chi connectivity index (χ4n) is 2.45. The number of amides is 1. The Hall–Kier alpha value is -2.94. The van der Waals surface area contributed by atoms with Crippen molar-refractivity contribution >= 4 is 5.91 Å². The van der Waals surface area contributed by atoms with Crippen molar-refractivity contribution in [3.05, 3.63) is 78.6 Å². The Labute approximate surface area is 123 Å². The molecule has 0 aliphatic rings. The summed E-state index contributed by atoms with van der Waals surface area (Å²) in [7, 11) is 0. The standard InChI is InChI=1S/C18H14N2O/c19-18(21)16-8-4-7-15(13-5-2-1-3-6-13)17(16)14-9-11-20-12-10-14/h1-12H,(H2,19,21). The van der Waals surface area contributed by atoms with Gasteiger partial charge in [0.05, 0.1) is 0 Å². The molecule has 0 atom stereocenters. The highest BCUT2D eigenvalue weighted by Crippen LogP contribution is 2.34. The quantitative estimate of drug-likeness (QED) is 0.794. The molecule has 0 unspecified atom stereocenters. The van der Waals surface area contributed by atoms with E-state index in [1.54, 1.807) is 18.5 Å². The maximum absolute atomic E-state index is 11.8. The van der Waals surface area contributed by atoms with Crippen molar-refractivity contribution in [2.45, 2.75) is 0 Å². The maximum atomic E-state index is 11.8. The van der Waals surface area contributed by atoms with Gasteiger partial charge in [0.1, 0.15) is 0 Å². The van der Waals surface area contributed by atoms with Crippen LogP contribution in [0.2, 0.25) is 0 Å². The highest BCUT2D eigenvalue weighted by atomic mass is 16.1. The van der Waals surface area contributed by atoms with Gasteiger partial charge in [-0.15, -0.1) is 0 Å². The number of benzene rings is 2. The summed E-state index contributed by atoms with van der Waals surface area (Å²) in [6.07, 6.45) is 3.42. The van der Waals surface area contributed by atoms with Crippen molar-refractivity contribution in [2.24, 2.45) is 5.73 Å². The molecule has 0 saturated heterocycles. The number of nitrogens with zero attached hydrogens (tertiary/aromatic N) is 1. The number of rotatable bonds is 3. The van der Waals surface area contributed by atoms with Gasteiger partial charge < -0.3 is 5.73 Å². The van der Waals surface area contributed by atoms with Crippen LogP contribution in [0.4, 0.5) is 0 Å². The van der Waals surface area contributed by atoms with Crippen LogP contribution in [0, 0.1) is 0 Å². The molecule has 1 aromatic heterocycles. The normalized spacial score (nSPS) is 10.3. The number of hydrogen-bond acceptors (Lipinski definition) is 2. The van der Waals surface area contributed by atoms with Crippen LogP contribution in [0.1, 0.15) is 10.4 Å². The second kappa shape index (κ2) is 5.59. The van der Waals surface area contributed by atoms with E-state index < -0.39 is 5.91 Å². The summed E-state index contributed by atoms with van der Waals surface area (Å²) in [6, 6.07) is 19.3. The minimum absolute atomic E-state index is 0.431. The second-order valence-electron chi connectivity index (χ2n) is 4.69. The van der Waals surface area contributed by atoms with Crippen molar-refractivity contribution in [1.29, 1.82) is 0 Å². The predicted octanol–water partition coefficient (Wildman–Crippen LogP) is 3.51. The third-order valence-electron chi connectivity index (χ3n) is 3.38. The molecule has 2 aromatic carbocycles. The average Bonchev–Trinajstić information content (AvgIpc) is 2.55. The fraction of sp³-hybridized carbons (Fsp3) is 0. The van der Waals surface area contributed by atoms with Crippen LogP contribution in [0.25, 0.3) is 22.3 Å². The molecule has 0 saturated carbocycles. The molecule has 0 aliphatic heterocycles. The van der Waals surface area contributed by atoms with Gasteiger partial charge in [0.15, 0.2) is 0 Å². The highest BCUT2D eigenvalue weighted by Gasteiger charge is 2.15. The van der Waals surface area contributed by atoms with Crippen molar-refractivity contribution in [3.63, 3.8) is 0 Å². The van der Waals surface area contributed by atoms with Crippen molar-refractivity contribution < 1.29 is 4.79 Å². The molecule has 2 N–H and O–H groups in total. The minimum Gasteiger partial charge on any atom is -0.366 e. The minimum atomic E-state index is -0.431. The number of aromatic nitrogens is 1. The van der Waals surface area contributed by atoms with E-state index in [4.69, 9.17) is 5.73 Å². The molecular weight excluding hydrogens is 260 g/mol. The molecule has 0 aliphatic carbocycles. The Balaban J connectivity index is 2.31. The van der Waals surface area contributed by atoms with Gasteiger partial charge >= 0.3 is 0 Å². The molecule has 3 aromatic rings. The zero-order valence-corrected chi connectivity index (χ0v) is 11.4. The summed E-state index contributed by atoms with van der Waals surface area (Å²) in [5.41, 5.74) is 9.87. The average molecular weight is 274 g/mol. The molecule has 0 radical (unpaired) electrons. The second-order valence-corrected chi connectivity index (χ2v) is 4.69. The molecule has 102 valence electrons. The van der Waals surface area contributed by atoms with Crippen molar-refractivity contribution in [1.82, 2.24) is 4.98 Å². The third-order valence-corrected chi connectivity index (χ3v) is 3.38. The third kappa shape index (κ3) is 2.54. The number of nitrogens with two attached hydrogens (primary N) is 1. The highest BCUT2D eigenvalue weighted by molar-refractivity contribution is 6.04. The molecular formula is C18H14N2O. The SMILES string of the molecule is NC(=O)c1cccc(-c2ccccc2)c1-c1ccncc1. The Morgan fingerprint density at radius 1 is 0.810 bits per heavy atom. The van der Waals surface area contributed by atoms with Crippen LogP contribution >= 0.6 is 0 Å². The lowest BCUT2D eigenvalue weighted by Crippen LogP contribution is -2.12. The Kier molecular flexibility index (Phi) is 3.48. The maximum Gasteiger partial charge on any atom is 0.249 e. The molecule has 3 heteroatoms. The zero-order valence-electron chi connectivity index (χ0n) is 11.4. The van der Waals surface area contributed by atoms with Gasteiger partial charge in [0, 0.05) is 23.5 Å². The molecule has 0 spiro atoms. The molecule has 1 amide bonds. The number of carbonyl (C=O) groups excluding carboxylic acids is 1. The fourth-order valence-corrected chi connectivity index (χ4v) is 2.45. The molecule has 0 fully saturated rings. The van der Waals surface area contributed by atoms with E-state index in [2.05, 4.69) is 4.98 Å². The van der Waals surface area contributed by atoms with E-state index in [-0.39, 0.29) is 0 Å². The van der Waals surface area contributed by atoms with Crippen LogP contribution in [-0.4, -0.2) is 10.9 Å². The van der Waals surface area contributed by atoms with E-state index in [1.165, 1.54) is 0 Å². The Bertz CT molecular complexity index is 768. The van der Waals surface area contributed by atoms with Crippen molar-refractivity contribution in [2.75, 3.05) is 0 Å². The van der Waals surface area contributed by atoms with E-state index in [0.29, 0.717) is 5.56 Å². The Morgan fingerprint density at radius 2 is 1.52 bits per heavy atom. The number of carbonyl (C=O) groups is 1. The molecule has 3 rings (SSSR count). The van der Waals surface area contributed by atoms with E-state index in [0.717, 1.165) is 22.3 Å². The smallest absolute Gasteiger partial charge is 0.249 e. The summed E-state index contributed by atoms with van der Waals surface area (Å²) >= 11 is 0. The number of pyridine rings is 1. The van der Waals surface area contributed by atoms with Gasteiger partial charge in [0.25, 0.3) is 0 Å². The molecule has 0 bridgehead atoms. The van der Waals surface area contributed by atoms with Crippen LogP contribution in [0.3, 0.4) is 0 Å². The lowest BCUT2D eigenvalue weighted by Gasteiger charge is -2.13. The summed E-state index contributed by atoms with van der Waals surface area (Å²) in [4.78, 5) is 15.8. The predicted molar refractivity (Wildman–Crippen MR) is 83.6 cm³/mol. The van der Waals surface area contributed by atoms with Gasteiger partial charge in [-0.3, -0.25) is 9.78 Å². The lowest BCUT2D eigenvalue weighted by atomic mass is 9.91. The van der Waals surface area contributed by atoms with E-state index in [1.807, 2.05) is 54.6 Å². The molecule has 1 heterocycles. The summed E-state index contributed by atoms with van der Waals surface area (Å²) in [6.45, 7) is 0. The molecule has 3 nitrogen and oxygen atoms in total. The van der Waals surface area contributed by atoms with Crippen molar-refractivity contribution in [3.8, 4) is 22.3 Å². The van der Waals surface area contributed by atoms with Gasteiger partial charge in [-0.2, -0.15) is 0 Å². The number of hydrogen-bond donors (Lipinski definition) is 1. The monoisotopic (exact) mass is 274 g/mol. The first-order chi connectivity index (χ1) is 10.3. The lowest BCUT2D eigenvalue weighted by molar-refractivity contribution is 0.100. The molecule has 21 heavy (non-hydrogen) atoms. The number of primary amides is 1. The van der Waals surface area contributed by atoms with Gasteiger partial charge in [-0.05, 0) is 34.9 Å². The topological polar surface area (TPSA) is 56.0 Å². The zero-order chi connectivity index (χ0) is 14.7. The summed E-state index contributed by atoms with van der Waals surface area (Å²) in [5, 5.41) is 0. The van der Waals surface area contributed by atoms with Crippen LogP contribution < -0.4 is 5.73 Å². The van der Waals surface area contributed by atoms with Crippen LogP contribution in [0.5, 0.6) is 0 Å². The van der Waals surface area contributed by atoms with Crippen LogP contribution in [0.15, 0.2) is 73.1 Å². The van der Waals surface area contributed by atoms with Gasteiger partial charge in [-0.1, -0.05) is 42.5 Å². The largest absolute Gasteiger partial charge is 0.366 e. The summed E-state index contributed by atoms with van der Waals surface area (Å²) in [5.74, 6) is -0.431. The van der Waals surface area contributed by atoms with Gasteiger partial charge in [0.2, 0.25) is 5.91 Å². The van der Waals surface area contributed by atoms with Gasteiger partial charge in [-0.25, -0.2) is 0 Å². The first kappa shape index (κ1) is 13.1. The first-order valence-corrected chi connectivity index (χ1v) is 6.66. The Morgan fingerprint density at radius 3 is 2.19 bits per heavy atom. The van der Waals surface area contributed by atoms with E-state index in [9.17, 15) is 4.79 Å². The van der Waals surface area contributed by atoms with E-state index >= 15 is 0 Å². The van der Waals surface area contributed by atoms with Crippen LogP contribution in [-0.2, 0) is 0 Å².